The standard InChI is InChI=1S/C22H28Cl2N2O2/c1-3-26-10-4-5-18(26)14-25-13-16-7-9-21(22(12-16)27-2)28-15-17-6-8-19(23)20(24)11-17/h6-9,11-12,18,25H,3-5,10,13-15H2,1-2H3. The smallest absolute Gasteiger partial charge is 0.161 e. The van der Waals surface area contributed by atoms with E-state index in [0.717, 1.165) is 30.9 Å². The Kier molecular flexibility index (Phi) is 7.86. The predicted octanol–water partition coefficient (Wildman–Crippen LogP) is 5.15. The van der Waals surface area contributed by atoms with Gasteiger partial charge >= 0.3 is 0 Å². The average molecular weight is 423 g/mol. The van der Waals surface area contributed by atoms with E-state index in [1.165, 1.54) is 24.9 Å². The quantitative estimate of drug-likeness (QED) is 0.605. The molecule has 0 aromatic heterocycles. The van der Waals surface area contributed by atoms with Gasteiger partial charge in [-0.15, -0.1) is 0 Å². The number of methoxy groups -OCH3 is 1. The Morgan fingerprint density at radius 2 is 1.89 bits per heavy atom. The fourth-order valence-electron chi connectivity index (χ4n) is 3.66. The van der Waals surface area contributed by atoms with E-state index >= 15 is 0 Å². The first-order valence-electron chi connectivity index (χ1n) is 9.79. The number of rotatable bonds is 9. The Morgan fingerprint density at radius 3 is 2.64 bits per heavy atom. The maximum absolute atomic E-state index is 6.07. The third-order valence-electron chi connectivity index (χ3n) is 5.22. The van der Waals surface area contributed by atoms with Crippen molar-refractivity contribution in [3.05, 3.63) is 57.6 Å². The minimum atomic E-state index is 0.402. The van der Waals surface area contributed by atoms with Gasteiger partial charge in [-0.25, -0.2) is 0 Å². The lowest BCUT2D eigenvalue weighted by atomic mass is 10.1. The molecule has 0 spiro atoms. The Balaban J connectivity index is 1.55. The van der Waals surface area contributed by atoms with Gasteiger partial charge in [-0.3, -0.25) is 4.90 Å². The van der Waals surface area contributed by atoms with Crippen molar-refractivity contribution in [2.45, 2.75) is 39.0 Å². The number of benzene rings is 2. The van der Waals surface area contributed by atoms with Gasteiger partial charge in [0, 0.05) is 19.1 Å². The van der Waals surface area contributed by atoms with Crippen molar-refractivity contribution in [3.63, 3.8) is 0 Å². The molecule has 1 saturated heterocycles. The zero-order valence-corrected chi connectivity index (χ0v) is 18.0. The minimum absolute atomic E-state index is 0.402. The van der Waals surface area contributed by atoms with E-state index in [9.17, 15) is 0 Å². The van der Waals surface area contributed by atoms with Crippen LogP contribution < -0.4 is 14.8 Å². The van der Waals surface area contributed by atoms with Gasteiger partial charge in [0.15, 0.2) is 11.5 Å². The molecule has 0 amide bonds. The van der Waals surface area contributed by atoms with E-state index in [1.54, 1.807) is 13.2 Å². The fraction of sp³-hybridized carbons (Fsp3) is 0.455. The van der Waals surface area contributed by atoms with Gasteiger partial charge in [-0.2, -0.15) is 0 Å². The van der Waals surface area contributed by atoms with E-state index in [4.69, 9.17) is 32.7 Å². The zero-order chi connectivity index (χ0) is 19.9. The van der Waals surface area contributed by atoms with Crippen LogP contribution in [0.25, 0.3) is 0 Å². The number of hydrogen-bond acceptors (Lipinski definition) is 4. The normalized spacial score (nSPS) is 17.1. The third kappa shape index (κ3) is 5.54. The van der Waals surface area contributed by atoms with Crippen molar-refractivity contribution in [1.29, 1.82) is 0 Å². The number of halogens is 2. The second-order valence-electron chi connectivity index (χ2n) is 7.08. The molecule has 6 heteroatoms. The Morgan fingerprint density at radius 1 is 1.07 bits per heavy atom. The van der Waals surface area contributed by atoms with Crippen molar-refractivity contribution >= 4 is 23.2 Å². The SMILES string of the molecule is CCN1CCCC1CNCc1ccc(OCc2ccc(Cl)c(Cl)c2)c(OC)c1. The molecular formula is C22H28Cl2N2O2. The Hall–Kier alpha value is -1.46. The van der Waals surface area contributed by atoms with Crippen LogP contribution >= 0.6 is 23.2 Å². The molecule has 152 valence electrons. The molecule has 4 nitrogen and oxygen atoms in total. The summed E-state index contributed by atoms with van der Waals surface area (Å²) in [4.78, 5) is 2.55. The topological polar surface area (TPSA) is 33.7 Å². The monoisotopic (exact) mass is 422 g/mol. The number of likely N-dealkylation sites (N-methyl/N-ethyl adjacent to an activating group) is 1. The average Bonchev–Trinajstić information content (AvgIpc) is 3.16. The van der Waals surface area contributed by atoms with Crippen LogP contribution in [0.2, 0.25) is 10.0 Å². The van der Waals surface area contributed by atoms with Crippen LogP contribution in [0.15, 0.2) is 36.4 Å². The van der Waals surface area contributed by atoms with Crippen LogP contribution in [0.5, 0.6) is 11.5 Å². The summed E-state index contributed by atoms with van der Waals surface area (Å²) < 4.78 is 11.4. The minimum Gasteiger partial charge on any atom is -0.493 e. The summed E-state index contributed by atoms with van der Waals surface area (Å²) in [6, 6.07) is 12.2. The summed E-state index contributed by atoms with van der Waals surface area (Å²) in [5.74, 6) is 1.45. The number of ether oxygens (including phenoxy) is 2. The number of nitrogens with zero attached hydrogens (tertiary/aromatic N) is 1. The number of hydrogen-bond donors (Lipinski definition) is 1. The zero-order valence-electron chi connectivity index (χ0n) is 16.5. The lowest BCUT2D eigenvalue weighted by Gasteiger charge is -2.23. The number of nitrogens with one attached hydrogen (secondary N) is 1. The molecule has 2 aromatic carbocycles. The van der Waals surface area contributed by atoms with Gasteiger partial charge in [0.25, 0.3) is 0 Å². The molecule has 0 aliphatic carbocycles. The second-order valence-corrected chi connectivity index (χ2v) is 7.89. The largest absolute Gasteiger partial charge is 0.493 e. The van der Waals surface area contributed by atoms with Crippen LogP contribution in [0.4, 0.5) is 0 Å². The highest BCUT2D eigenvalue weighted by molar-refractivity contribution is 6.42. The molecule has 0 bridgehead atoms. The Labute approximate surface area is 177 Å². The molecule has 1 unspecified atom stereocenters. The van der Waals surface area contributed by atoms with Crippen LogP contribution in [-0.2, 0) is 13.2 Å². The molecule has 3 rings (SSSR count). The Bertz CT molecular complexity index is 785. The van der Waals surface area contributed by atoms with Crippen LogP contribution in [0.1, 0.15) is 30.9 Å². The fourth-order valence-corrected chi connectivity index (χ4v) is 3.98. The molecule has 2 aromatic rings. The second kappa shape index (κ2) is 10.4. The number of likely N-dealkylation sites (tertiary alicyclic amines) is 1. The third-order valence-corrected chi connectivity index (χ3v) is 5.96. The first-order chi connectivity index (χ1) is 13.6. The lowest BCUT2D eigenvalue weighted by Crippen LogP contribution is -2.37. The summed E-state index contributed by atoms with van der Waals surface area (Å²) in [6.07, 6.45) is 2.59. The summed E-state index contributed by atoms with van der Waals surface area (Å²) in [7, 11) is 1.66. The first-order valence-corrected chi connectivity index (χ1v) is 10.5. The molecule has 1 fully saturated rings. The molecule has 28 heavy (non-hydrogen) atoms. The van der Waals surface area contributed by atoms with Gasteiger partial charge in [0.2, 0.25) is 0 Å². The van der Waals surface area contributed by atoms with E-state index in [0.29, 0.717) is 28.4 Å². The highest BCUT2D eigenvalue weighted by atomic mass is 35.5. The van der Waals surface area contributed by atoms with Gasteiger partial charge in [0.05, 0.1) is 17.2 Å². The van der Waals surface area contributed by atoms with E-state index in [-0.39, 0.29) is 0 Å². The van der Waals surface area contributed by atoms with E-state index in [2.05, 4.69) is 23.2 Å². The first kappa shape index (κ1) is 21.3. The van der Waals surface area contributed by atoms with Gasteiger partial charge in [-0.1, -0.05) is 42.3 Å². The summed E-state index contributed by atoms with van der Waals surface area (Å²) in [6.45, 7) is 6.83. The molecule has 0 radical (unpaired) electrons. The lowest BCUT2D eigenvalue weighted by molar-refractivity contribution is 0.260. The van der Waals surface area contributed by atoms with Gasteiger partial charge in [-0.05, 0) is 61.3 Å². The molecule has 1 aliphatic rings. The van der Waals surface area contributed by atoms with Crippen LogP contribution in [0, 0.1) is 0 Å². The summed E-state index contributed by atoms with van der Waals surface area (Å²) >= 11 is 12.0. The van der Waals surface area contributed by atoms with Crippen molar-refractivity contribution in [2.75, 3.05) is 26.7 Å². The van der Waals surface area contributed by atoms with Crippen molar-refractivity contribution in [1.82, 2.24) is 10.2 Å². The molecule has 1 aliphatic heterocycles. The van der Waals surface area contributed by atoms with Crippen molar-refractivity contribution in [2.24, 2.45) is 0 Å². The maximum atomic E-state index is 6.07. The van der Waals surface area contributed by atoms with Gasteiger partial charge < -0.3 is 14.8 Å². The van der Waals surface area contributed by atoms with E-state index in [1.807, 2.05) is 24.3 Å². The van der Waals surface area contributed by atoms with Crippen LogP contribution in [0.3, 0.4) is 0 Å². The predicted molar refractivity (Wildman–Crippen MR) is 116 cm³/mol. The van der Waals surface area contributed by atoms with Crippen molar-refractivity contribution < 1.29 is 9.47 Å². The van der Waals surface area contributed by atoms with Gasteiger partial charge in [0.1, 0.15) is 6.61 Å². The van der Waals surface area contributed by atoms with Crippen molar-refractivity contribution in [3.8, 4) is 11.5 Å². The highest BCUT2D eigenvalue weighted by Crippen LogP contribution is 2.30. The summed E-state index contributed by atoms with van der Waals surface area (Å²) in [5.41, 5.74) is 2.14. The molecular weight excluding hydrogens is 395 g/mol. The maximum Gasteiger partial charge on any atom is 0.161 e. The van der Waals surface area contributed by atoms with E-state index < -0.39 is 0 Å². The summed E-state index contributed by atoms with van der Waals surface area (Å²) in [5, 5.41) is 4.65. The van der Waals surface area contributed by atoms with Crippen LogP contribution in [-0.4, -0.2) is 37.7 Å². The molecule has 1 atom stereocenters. The highest BCUT2D eigenvalue weighted by Gasteiger charge is 2.22. The molecule has 1 heterocycles. The molecule has 1 N–H and O–H groups in total. The molecule has 0 saturated carbocycles.